The zero-order valence-electron chi connectivity index (χ0n) is 11.2. The van der Waals surface area contributed by atoms with Crippen LogP contribution in [-0.2, 0) is 17.1 Å². The second-order valence-electron chi connectivity index (χ2n) is 3.90. The Morgan fingerprint density at radius 2 is 1.42 bits per heavy atom. The van der Waals surface area contributed by atoms with Crippen molar-refractivity contribution in [3.63, 3.8) is 0 Å². The molecule has 0 bridgehead atoms. The topological polar surface area (TPSA) is 34.1 Å². The Morgan fingerprint density at radius 1 is 0.947 bits per heavy atom. The Kier molecular flexibility index (Phi) is 8.77. The second kappa shape index (κ2) is 9.48. The van der Waals surface area contributed by atoms with Crippen LogP contribution in [-0.4, -0.2) is 11.6 Å². The van der Waals surface area contributed by atoms with Gasteiger partial charge in [0, 0.05) is 17.1 Å². The number of carbonyl (C=O) groups is 2. The fourth-order valence-corrected chi connectivity index (χ4v) is 1.53. The van der Waals surface area contributed by atoms with Crippen LogP contribution in [0.2, 0.25) is 0 Å². The van der Waals surface area contributed by atoms with Crippen molar-refractivity contribution in [3.8, 4) is 0 Å². The van der Waals surface area contributed by atoms with Gasteiger partial charge in [0.15, 0.2) is 0 Å². The molecule has 0 fully saturated rings. The summed E-state index contributed by atoms with van der Waals surface area (Å²) in [6, 6.07) is 14.9. The van der Waals surface area contributed by atoms with Crippen molar-refractivity contribution in [2.45, 2.75) is 26.7 Å². The summed E-state index contributed by atoms with van der Waals surface area (Å²) >= 11 is 0. The molecule has 0 heterocycles. The van der Waals surface area contributed by atoms with E-state index in [4.69, 9.17) is 0 Å². The van der Waals surface area contributed by atoms with Gasteiger partial charge in [-0.2, -0.15) is 12.1 Å². The van der Waals surface area contributed by atoms with Gasteiger partial charge in [0.1, 0.15) is 5.78 Å². The third-order valence-corrected chi connectivity index (χ3v) is 2.61. The molecule has 0 spiro atoms. The van der Waals surface area contributed by atoms with E-state index in [0.29, 0.717) is 12.8 Å². The van der Waals surface area contributed by atoms with Crippen LogP contribution in [0, 0.1) is 0 Å². The maximum Gasteiger partial charge on any atom is 0.108 e. The Bertz CT molecular complexity index is 421. The first kappa shape index (κ1) is 17.6. The number of rotatable bonds is 4. The van der Waals surface area contributed by atoms with E-state index >= 15 is 0 Å². The van der Waals surface area contributed by atoms with Gasteiger partial charge in [0.05, 0.1) is 0 Å². The molecule has 0 unspecified atom stereocenters. The van der Waals surface area contributed by atoms with Gasteiger partial charge < -0.3 is 39.4 Å². The molecule has 0 saturated carbocycles. The Hall–Kier alpha value is -1.44. The fraction of sp³-hybridized carbons (Fsp3) is 0.250. The molecule has 0 aliphatic carbocycles. The van der Waals surface area contributed by atoms with E-state index in [2.05, 4.69) is 0 Å². The summed E-state index contributed by atoms with van der Waals surface area (Å²) in [4.78, 5) is 21.7. The average Bonchev–Trinajstić information content (AvgIpc) is 3.09. The van der Waals surface area contributed by atoms with Crippen molar-refractivity contribution in [1.29, 1.82) is 0 Å². The molecule has 0 atom stereocenters. The van der Waals surface area contributed by atoms with Gasteiger partial charge in [-0.1, -0.05) is 19.4 Å². The summed E-state index contributed by atoms with van der Waals surface area (Å²) in [6.07, 6.45) is 1.20. The first-order valence-electron chi connectivity index (χ1n) is 6.18. The first-order chi connectivity index (χ1) is 8.69. The van der Waals surface area contributed by atoms with Crippen molar-refractivity contribution in [1.82, 2.24) is 0 Å². The summed E-state index contributed by atoms with van der Waals surface area (Å²) < 4.78 is 0. The minimum Gasteiger partial charge on any atom is -0.718 e. The average molecular weight is 298 g/mol. The predicted octanol–water partition coefficient (Wildman–Crippen LogP) is 3.99. The molecule has 0 N–H and O–H groups in total. The van der Waals surface area contributed by atoms with E-state index in [-0.39, 0.29) is 28.6 Å². The maximum atomic E-state index is 10.9. The van der Waals surface area contributed by atoms with Crippen LogP contribution in [0.4, 0.5) is 0 Å². The standard InChI is InChI=1S/2C8H9O.Fe/c2*1-2-8(9)7-5-3-4-6-7;/h2*3-6H,2H2,1H3;/q-5;-1;. The van der Waals surface area contributed by atoms with Crippen molar-refractivity contribution in [2.75, 3.05) is 0 Å². The van der Waals surface area contributed by atoms with Gasteiger partial charge in [-0.3, -0.25) is 5.78 Å². The van der Waals surface area contributed by atoms with E-state index in [9.17, 15) is 9.59 Å². The van der Waals surface area contributed by atoms with Gasteiger partial charge in [0.2, 0.25) is 0 Å². The van der Waals surface area contributed by atoms with Gasteiger partial charge in [-0.25, -0.2) is 12.1 Å². The van der Waals surface area contributed by atoms with Crippen LogP contribution in [0.3, 0.4) is 0 Å². The smallest absolute Gasteiger partial charge is 0.108 e. The van der Waals surface area contributed by atoms with Crippen LogP contribution in [0.5, 0.6) is 0 Å². The molecule has 0 radical (unpaired) electrons. The maximum absolute atomic E-state index is 10.9. The molecule has 19 heavy (non-hydrogen) atoms. The zero-order chi connectivity index (χ0) is 13.4. The third-order valence-electron chi connectivity index (χ3n) is 2.61. The van der Waals surface area contributed by atoms with Crippen molar-refractivity contribution in [3.05, 3.63) is 59.7 Å². The summed E-state index contributed by atoms with van der Waals surface area (Å²) in [6.45, 7) is 3.74. The van der Waals surface area contributed by atoms with Gasteiger partial charge >= 0.3 is 0 Å². The SMILES string of the molecule is CCC(=O)[c-]1[cH-][cH-][cH-][cH-]1.CCC(=O)[c-]1cccc1.[Fe]. The Labute approximate surface area is 125 Å². The molecule has 0 aromatic heterocycles. The fourth-order valence-electron chi connectivity index (χ4n) is 1.53. The molecule has 2 aromatic rings. The monoisotopic (exact) mass is 298 g/mol. The molecule has 0 saturated heterocycles. The molecule has 0 aliphatic heterocycles. The summed E-state index contributed by atoms with van der Waals surface area (Å²) in [5.41, 5.74) is 1.66. The van der Waals surface area contributed by atoms with E-state index in [1.54, 1.807) is 0 Å². The summed E-state index contributed by atoms with van der Waals surface area (Å²) in [5, 5.41) is 0. The van der Waals surface area contributed by atoms with E-state index in [1.165, 1.54) is 0 Å². The van der Waals surface area contributed by atoms with Gasteiger partial charge in [0.25, 0.3) is 0 Å². The molecule has 108 valence electrons. The molecular weight excluding hydrogens is 280 g/mol. The third kappa shape index (κ3) is 5.82. The van der Waals surface area contributed by atoms with Crippen LogP contribution >= 0.6 is 0 Å². The normalized spacial score (nSPS) is 8.95. The second-order valence-corrected chi connectivity index (χ2v) is 3.90. The van der Waals surface area contributed by atoms with Crippen LogP contribution in [0.1, 0.15) is 47.4 Å². The number of hydrogen-bond acceptors (Lipinski definition) is 2. The Morgan fingerprint density at radius 3 is 1.84 bits per heavy atom. The van der Waals surface area contributed by atoms with Gasteiger partial charge in [-0.15, -0.1) is 6.42 Å². The van der Waals surface area contributed by atoms with E-state index in [1.807, 2.05) is 62.4 Å². The summed E-state index contributed by atoms with van der Waals surface area (Å²) in [5.74, 6) is 0.444. The quantitative estimate of drug-likeness (QED) is 0.486. The number of carbonyl (C=O) groups excluding carboxylic acids is 2. The molecule has 2 rings (SSSR count). The van der Waals surface area contributed by atoms with Crippen molar-refractivity contribution < 1.29 is 26.7 Å². The first-order valence-corrected chi connectivity index (χ1v) is 6.18. The molecule has 2 aromatic carbocycles. The minimum absolute atomic E-state index is 0. The molecule has 2 nitrogen and oxygen atoms in total. The zero-order valence-corrected chi connectivity index (χ0v) is 12.3. The van der Waals surface area contributed by atoms with Crippen molar-refractivity contribution >= 4 is 11.6 Å². The Balaban J connectivity index is 0.000000324. The molecular formula is C16H18FeO2-6. The van der Waals surface area contributed by atoms with Gasteiger partial charge in [-0.05, 0) is 6.42 Å². The number of Topliss-reactive ketones (excluding diaryl/α,β-unsaturated/α-hetero) is 2. The van der Waals surface area contributed by atoms with Crippen LogP contribution < -0.4 is 0 Å². The molecule has 0 aliphatic rings. The van der Waals surface area contributed by atoms with E-state index < -0.39 is 0 Å². The largest absolute Gasteiger partial charge is 0.718 e. The molecule has 3 heteroatoms. The molecule has 0 amide bonds. The van der Waals surface area contributed by atoms with E-state index in [0.717, 1.165) is 11.1 Å². The van der Waals surface area contributed by atoms with Crippen molar-refractivity contribution in [2.24, 2.45) is 0 Å². The van der Waals surface area contributed by atoms with Crippen LogP contribution in [0.15, 0.2) is 48.5 Å². The minimum atomic E-state index is 0. The van der Waals surface area contributed by atoms with Crippen LogP contribution in [0.25, 0.3) is 0 Å². The summed E-state index contributed by atoms with van der Waals surface area (Å²) in [7, 11) is 0. The number of ketones is 2. The number of hydrogen-bond donors (Lipinski definition) is 0. The predicted molar refractivity (Wildman–Crippen MR) is 73.3 cm³/mol.